The monoisotopic (exact) mass is 528 g/mol. The number of rotatable bonds is 5. The Hall–Kier alpha value is 0.960. The summed E-state index contributed by atoms with van der Waals surface area (Å²) in [6, 6.07) is 0. The zero-order valence-electron chi connectivity index (χ0n) is 19.8. The van der Waals surface area contributed by atoms with Gasteiger partial charge < -0.3 is 0 Å². The van der Waals surface area contributed by atoms with Crippen LogP contribution in [0.5, 0.6) is 0 Å². The molecule has 0 aromatic heterocycles. The van der Waals surface area contributed by atoms with E-state index in [9.17, 15) is 0 Å². The van der Waals surface area contributed by atoms with Gasteiger partial charge >= 0.3 is 0 Å². The van der Waals surface area contributed by atoms with E-state index in [1.807, 2.05) is 0 Å². The van der Waals surface area contributed by atoms with Crippen molar-refractivity contribution in [1.29, 1.82) is 0 Å². The molecule has 0 N–H and O–H groups in total. The minimum Gasteiger partial charge on any atom is -0.0875 e. The Morgan fingerprint density at radius 2 is 1.62 bits per heavy atom. The van der Waals surface area contributed by atoms with Gasteiger partial charge in [-0.1, -0.05) is 92.2 Å². The van der Waals surface area contributed by atoms with Gasteiger partial charge in [-0.15, -0.1) is 0 Å². The van der Waals surface area contributed by atoms with Gasteiger partial charge in [-0.05, 0) is 97.7 Å². The minimum absolute atomic E-state index is 0.343. The third-order valence-corrected chi connectivity index (χ3v) is 14.6. The van der Waals surface area contributed by atoms with E-state index < -0.39 is 0 Å². The molecule has 0 heterocycles. The third kappa shape index (κ3) is 3.65. The van der Waals surface area contributed by atoms with Crippen LogP contribution in [0.15, 0.2) is 0 Å². The summed E-state index contributed by atoms with van der Waals surface area (Å²) >= 11 is 8.49. The molecule has 0 radical (unpaired) electrons. The Labute approximate surface area is 198 Å². The van der Waals surface area contributed by atoms with E-state index in [-0.39, 0.29) is 0 Å². The molecule has 4 rings (SSSR count). The summed E-state index contributed by atoms with van der Waals surface area (Å²) in [7, 11) is 0. The standard InChI is InChI=1S/C27H46Br2/c1-18(2)8-6-9-19(3)21-11-12-22-20-13-17-27(29)24(28)10-7-15-26(27,5)23(20)14-16-25(21,22)4/h18-24H,6-17H2,1-5H3/t19-,20+,21-,22+,23+,24+,25-,26-,27-/m1/s1. The van der Waals surface area contributed by atoms with Crippen LogP contribution in [0.1, 0.15) is 112 Å². The molecule has 0 aliphatic heterocycles. The van der Waals surface area contributed by atoms with Gasteiger partial charge in [0.2, 0.25) is 0 Å². The molecule has 0 bridgehead atoms. The third-order valence-electron chi connectivity index (χ3n) is 10.9. The van der Waals surface area contributed by atoms with Crippen molar-refractivity contribution in [3.8, 4) is 0 Å². The van der Waals surface area contributed by atoms with Crippen LogP contribution < -0.4 is 0 Å². The topological polar surface area (TPSA) is 0 Å². The Kier molecular flexibility index (Phi) is 6.69. The van der Waals surface area contributed by atoms with E-state index in [4.69, 9.17) is 0 Å². The molecule has 9 atom stereocenters. The lowest BCUT2D eigenvalue weighted by atomic mass is 9.44. The predicted molar refractivity (Wildman–Crippen MR) is 134 cm³/mol. The van der Waals surface area contributed by atoms with Crippen molar-refractivity contribution in [3.05, 3.63) is 0 Å². The highest BCUT2D eigenvalue weighted by molar-refractivity contribution is 9.12. The first-order valence-electron chi connectivity index (χ1n) is 13.0. The van der Waals surface area contributed by atoms with Crippen LogP contribution in [0.3, 0.4) is 0 Å². The maximum atomic E-state index is 4.37. The summed E-state index contributed by atoms with van der Waals surface area (Å²) in [5.41, 5.74) is 1.12. The van der Waals surface area contributed by atoms with Gasteiger partial charge in [0.15, 0.2) is 0 Å². The molecule has 0 nitrogen and oxygen atoms in total. The summed E-state index contributed by atoms with van der Waals surface area (Å²) in [5.74, 6) is 5.73. The van der Waals surface area contributed by atoms with Crippen LogP contribution in [0.25, 0.3) is 0 Å². The highest BCUT2D eigenvalue weighted by Gasteiger charge is 2.65. The first kappa shape index (κ1) is 23.1. The molecule has 4 aliphatic rings. The van der Waals surface area contributed by atoms with Crippen molar-refractivity contribution in [2.45, 2.75) is 121 Å². The summed E-state index contributed by atoms with van der Waals surface area (Å²) in [5, 5.41) is 0. The molecule has 168 valence electrons. The van der Waals surface area contributed by atoms with Crippen molar-refractivity contribution < 1.29 is 0 Å². The van der Waals surface area contributed by atoms with Gasteiger partial charge in [-0.3, -0.25) is 0 Å². The van der Waals surface area contributed by atoms with Crippen LogP contribution in [-0.4, -0.2) is 9.15 Å². The first-order chi connectivity index (χ1) is 13.6. The van der Waals surface area contributed by atoms with Crippen LogP contribution in [0.2, 0.25) is 0 Å². The molecule has 0 spiro atoms. The fraction of sp³-hybridized carbons (Fsp3) is 1.00. The zero-order valence-corrected chi connectivity index (χ0v) is 23.0. The average molecular weight is 530 g/mol. The van der Waals surface area contributed by atoms with Gasteiger partial charge in [-0.2, -0.15) is 0 Å². The normalized spacial score (nSPS) is 50.7. The van der Waals surface area contributed by atoms with Gasteiger partial charge in [0.05, 0.1) is 0 Å². The summed E-state index contributed by atoms with van der Waals surface area (Å²) in [4.78, 5) is 0.667. The van der Waals surface area contributed by atoms with Crippen molar-refractivity contribution in [2.24, 2.45) is 46.3 Å². The number of fused-ring (bicyclic) bond motifs is 5. The lowest BCUT2D eigenvalue weighted by molar-refractivity contribution is -0.0989. The Bertz CT molecular complexity index is 587. The Morgan fingerprint density at radius 3 is 2.34 bits per heavy atom. The van der Waals surface area contributed by atoms with Gasteiger partial charge in [0.25, 0.3) is 0 Å². The van der Waals surface area contributed by atoms with Gasteiger partial charge in [-0.25, -0.2) is 0 Å². The van der Waals surface area contributed by atoms with E-state index in [1.165, 1.54) is 77.0 Å². The Balaban J connectivity index is 1.51. The van der Waals surface area contributed by atoms with Crippen LogP contribution in [-0.2, 0) is 0 Å². The molecular weight excluding hydrogens is 484 g/mol. The second-order valence-corrected chi connectivity index (χ2v) is 15.1. The van der Waals surface area contributed by atoms with E-state index in [0.29, 0.717) is 20.0 Å². The molecule has 4 aliphatic carbocycles. The van der Waals surface area contributed by atoms with Crippen molar-refractivity contribution >= 4 is 31.9 Å². The van der Waals surface area contributed by atoms with E-state index >= 15 is 0 Å². The number of alkyl halides is 2. The quantitative estimate of drug-likeness (QED) is 0.311. The summed E-state index contributed by atoms with van der Waals surface area (Å²) < 4.78 is 0.343. The molecule has 4 fully saturated rings. The van der Waals surface area contributed by atoms with Crippen LogP contribution >= 0.6 is 31.9 Å². The molecule has 0 aromatic carbocycles. The fourth-order valence-corrected chi connectivity index (χ4v) is 11.3. The predicted octanol–water partition coefficient (Wildman–Crippen LogP) is 9.39. The van der Waals surface area contributed by atoms with Crippen LogP contribution in [0.4, 0.5) is 0 Å². The average Bonchev–Trinajstić information content (AvgIpc) is 3.01. The molecule has 0 saturated heterocycles. The van der Waals surface area contributed by atoms with Crippen molar-refractivity contribution in [2.75, 3.05) is 0 Å². The molecular formula is C27H46Br2. The molecule has 2 heteroatoms. The van der Waals surface area contributed by atoms with Gasteiger partial charge in [0.1, 0.15) is 0 Å². The maximum absolute atomic E-state index is 4.37. The molecule has 0 unspecified atom stereocenters. The van der Waals surface area contributed by atoms with Crippen molar-refractivity contribution in [1.82, 2.24) is 0 Å². The number of hydrogen-bond acceptors (Lipinski definition) is 0. The molecule has 4 saturated carbocycles. The second kappa shape index (κ2) is 8.39. The number of halogens is 2. The lowest BCUT2D eigenvalue weighted by Gasteiger charge is -2.65. The molecule has 29 heavy (non-hydrogen) atoms. The zero-order chi connectivity index (χ0) is 21.0. The highest BCUT2D eigenvalue weighted by atomic mass is 79.9. The highest BCUT2D eigenvalue weighted by Crippen LogP contribution is 2.71. The Morgan fingerprint density at radius 1 is 0.862 bits per heavy atom. The molecule has 0 aromatic rings. The molecule has 0 amide bonds. The number of hydrogen-bond donors (Lipinski definition) is 0. The smallest absolute Gasteiger partial charge is 0.0439 e. The first-order valence-corrected chi connectivity index (χ1v) is 14.7. The van der Waals surface area contributed by atoms with E-state index in [1.54, 1.807) is 0 Å². The second-order valence-electron chi connectivity index (χ2n) is 12.6. The van der Waals surface area contributed by atoms with E-state index in [0.717, 1.165) is 35.5 Å². The summed E-state index contributed by atoms with van der Waals surface area (Å²) in [6.07, 6.45) is 17.5. The maximum Gasteiger partial charge on any atom is 0.0439 e. The minimum atomic E-state index is 0.343. The fourth-order valence-electron chi connectivity index (χ4n) is 9.26. The van der Waals surface area contributed by atoms with Crippen molar-refractivity contribution in [3.63, 3.8) is 0 Å². The van der Waals surface area contributed by atoms with E-state index in [2.05, 4.69) is 66.5 Å². The SMILES string of the molecule is CC(C)CCC[C@@H](C)[C@H]1CC[C@H]2[C@@H]3CC[C@@]4(Br)[C@@H](Br)CCC[C@]4(C)[C@H]3CC[C@]12C. The summed E-state index contributed by atoms with van der Waals surface area (Å²) in [6.45, 7) is 12.8. The lowest BCUT2D eigenvalue weighted by Crippen LogP contribution is -2.62. The van der Waals surface area contributed by atoms with Crippen LogP contribution in [0, 0.1) is 46.3 Å². The van der Waals surface area contributed by atoms with Gasteiger partial charge in [0, 0.05) is 9.15 Å². The largest absolute Gasteiger partial charge is 0.0875 e.